The van der Waals surface area contributed by atoms with Gasteiger partial charge < -0.3 is 15.4 Å². The highest BCUT2D eigenvalue weighted by Crippen LogP contribution is 2.38. The van der Waals surface area contributed by atoms with Crippen LogP contribution in [0.5, 0.6) is 5.75 Å². The van der Waals surface area contributed by atoms with Crippen molar-refractivity contribution in [3.63, 3.8) is 0 Å². The van der Waals surface area contributed by atoms with E-state index in [1.165, 1.54) is 24.9 Å². The molecule has 5 nitrogen and oxygen atoms in total. The molecule has 1 unspecified atom stereocenters. The normalized spacial score (nSPS) is 11.5. The van der Waals surface area contributed by atoms with E-state index >= 15 is 0 Å². The monoisotopic (exact) mass is 570 g/mol. The minimum Gasteiger partial charge on any atom is -0.495 e. The van der Waals surface area contributed by atoms with Crippen molar-refractivity contribution in [2.24, 2.45) is 0 Å². The Morgan fingerprint density at radius 3 is 2.27 bits per heavy atom. The summed E-state index contributed by atoms with van der Waals surface area (Å²) in [5.41, 5.74) is 2.15. The Bertz CT molecular complexity index is 1430. The summed E-state index contributed by atoms with van der Waals surface area (Å²) in [5, 5.41) is 6.37. The third kappa shape index (κ3) is 6.99. The first-order valence-corrected chi connectivity index (χ1v) is 13.1. The molecule has 1 atom stereocenters. The zero-order valence-electron chi connectivity index (χ0n) is 19.5. The maximum absolute atomic E-state index is 13.5. The van der Waals surface area contributed by atoms with E-state index in [1.807, 2.05) is 36.4 Å². The van der Waals surface area contributed by atoms with Gasteiger partial charge in [0.15, 0.2) is 0 Å². The number of amides is 2. The maximum Gasteiger partial charge on any atom is 0.257 e. The lowest BCUT2D eigenvalue weighted by molar-refractivity contribution is -0.115. The Balaban J connectivity index is 1.57. The van der Waals surface area contributed by atoms with Gasteiger partial charge >= 0.3 is 0 Å². The smallest absolute Gasteiger partial charge is 0.257 e. The number of nitrogens with one attached hydrogen (secondary N) is 2. The van der Waals surface area contributed by atoms with Gasteiger partial charge in [0.05, 0.1) is 23.4 Å². The van der Waals surface area contributed by atoms with Crippen molar-refractivity contribution in [2.75, 3.05) is 17.7 Å². The number of methoxy groups -OCH3 is 1. The van der Waals surface area contributed by atoms with Crippen LogP contribution in [0, 0.1) is 0 Å². The molecular weight excluding hydrogens is 551 g/mol. The second-order valence-corrected chi connectivity index (χ2v) is 10.3. The van der Waals surface area contributed by atoms with E-state index in [4.69, 9.17) is 39.5 Å². The van der Waals surface area contributed by atoms with E-state index < -0.39 is 5.25 Å². The lowest BCUT2D eigenvalue weighted by Crippen LogP contribution is -2.19. The van der Waals surface area contributed by atoms with Crippen LogP contribution in [0.2, 0.25) is 15.1 Å². The largest absolute Gasteiger partial charge is 0.495 e. The van der Waals surface area contributed by atoms with E-state index in [9.17, 15) is 9.59 Å². The third-order valence-corrected chi connectivity index (χ3v) is 7.31. The van der Waals surface area contributed by atoms with Gasteiger partial charge in [-0.2, -0.15) is 0 Å². The number of carbonyl (C=O) groups excluding carboxylic acids is 2. The van der Waals surface area contributed by atoms with Crippen LogP contribution in [0.4, 0.5) is 11.4 Å². The quantitative estimate of drug-likeness (QED) is 0.208. The van der Waals surface area contributed by atoms with Gasteiger partial charge in [-0.1, -0.05) is 71.2 Å². The molecule has 4 rings (SSSR count). The van der Waals surface area contributed by atoms with E-state index in [1.54, 1.807) is 48.5 Å². The van der Waals surface area contributed by atoms with Gasteiger partial charge in [0.25, 0.3) is 5.91 Å². The number of benzene rings is 4. The fourth-order valence-electron chi connectivity index (χ4n) is 3.53. The van der Waals surface area contributed by atoms with Crippen LogP contribution in [-0.4, -0.2) is 18.9 Å². The predicted molar refractivity (Wildman–Crippen MR) is 153 cm³/mol. The molecule has 0 aromatic heterocycles. The maximum atomic E-state index is 13.5. The minimum atomic E-state index is -0.596. The molecule has 0 radical (unpaired) electrons. The summed E-state index contributed by atoms with van der Waals surface area (Å²) >= 11 is 19.6. The fourth-order valence-corrected chi connectivity index (χ4v) is 5.28. The molecular formula is C28H21Cl3N2O3S. The highest BCUT2D eigenvalue weighted by Gasteiger charge is 2.24. The first-order valence-electron chi connectivity index (χ1n) is 11.1. The van der Waals surface area contributed by atoms with Crippen LogP contribution >= 0.6 is 46.6 Å². The molecule has 9 heteroatoms. The van der Waals surface area contributed by atoms with Gasteiger partial charge in [0.1, 0.15) is 11.0 Å². The number of hydrogen-bond donors (Lipinski definition) is 2. The Hall–Kier alpha value is -3.16. The van der Waals surface area contributed by atoms with Gasteiger partial charge in [0.2, 0.25) is 5.91 Å². The van der Waals surface area contributed by atoms with Crippen molar-refractivity contribution in [3.05, 3.63) is 117 Å². The van der Waals surface area contributed by atoms with Gasteiger partial charge in [-0.05, 0) is 60.2 Å². The molecule has 0 aliphatic carbocycles. The molecule has 0 spiro atoms. The summed E-state index contributed by atoms with van der Waals surface area (Å²) in [6.07, 6.45) is 0. The van der Waals surface area contributed by atoms with Crippen molar-refractivity contribution in [2.45, 2.75) is 10.1 Å². The van der Waals surface area contributed by atoms with Crippen LogP contribution in [-0.2, 0) is 4.79 Å². The van der Waals surface area contributed by atoms with Gasteiger partial charge in [0, 0.05) is 20.6 Å². The van der Waals surface area contributed by atoms with E-state index in [2.05, 4.69) is 10.6 Å². The number of halogens is 3. The highest BCUT2D eigenvalue weighted by molar-refractivity contribution is 8.00. The number of hydrogen-bond acceptors (Lipinski definition) is 4. The predicted octanol–water partition coefficient (Wildman–Crippen LogP) is 8.38. The molecule has 0 heterocycles. The van der Waals surface area contributed by atoms with E-state index in [0.29, 0.717) is 32.7 Å². The first-order chi connectivity index (χ1) is 17.8. The van der Waals surface area contributed by atoms with E-state index in [-0.39, 0.29) is 16.8 Å². The fraction of sp³-hybridized carbons (Fsp3) is 0.0714. The molecule has 4 aromatic carbocycles. The van der Waals surface area contributed by atoms with E-state index in [0.717, 1.165) is 10.5 Å². The van der Waals surface area contributed by atoms with Crippen LogP contribution in [0.25, 0.3) is 0 Å². The number of thioether (sulfide) groups is 1. The number of ether oxygens (including phenoxy) is 1. The Morgan fingerprint density at radius 1 is 0.811 bits per heavy atom. The van der Waals surface area contributed by atoms with Crippen molar-refractivity contribution < 1.29 is 14.3 Å². The summed E-state index contributed by atoms with van der Waals surface area (Å²) in [4.78, 5) is 27.0. The van der Waals surface area contributed by atoms with Crippen molar-refractivity contribution in [1.82, 2.24) is 0 Å². The SMILES string of the molecule is COc1ccc(Cl)cc1NC(=O)C(Sc1cccc(NC(=O)c2ccc(Cl)cc2Cl)c1)c1ccccc1. The highest BCUT2D eigenvalue weighted by atomic mass is 35.5. The average Bonchev–Trinajstić information content (AvgIpc) is 2.88. The van der Waals surface area contributed by atoms with Crippen LogP contribution in [0.15, 0.2) is 95.9 Å². The molecule has 4 aromatic rings. The second kappa shape index (κ2) is 12.4. The van der Waals surface area contributed by atoms with Crippen molar-refractivity contribution in [3.8, 4) is 5.75 Å². The third-order valence-electron chi connectivity index (χ3n) is 5.28. The molecule has 0 saturated heterocycles. The summed E-state index contributed by atoms with van der Waals surface area (Å²) in [5.74, 6) is -0.117. The summed E-state index contributed by atoms with van der Waals surface area (Å²) < 4.78 is 5.37. The Kier molecular flexibility index (Phi) is 9.00. The van der Waals surface area contributed by atoms with Crippen LogP contribution in [0.3, 0.4) is 0 Å². The topological polar surface area (TPSA) is 67.4 Å². The zero-order valence-corrected chi connectivity index (χ0v) is 22.6. The molecule has 188 valence electrons. The van der Waals surface area contributed by atoms with Crippen molar-refractivity contribution >= 4 is 69.8 Å². The van der Waals surface area contributed by atoms with Gasteiger partial charge in [-0.3, -0.25) is 9.59 Å². The molecule has 0 aliphatic heterocycles. The van der Waals surface area contributed by atoms with Crippen LogP contribution < -0.4 is 15.4 Å². The second-order valence-electron chi connectivity index (χ2n) is 7.85. The summed E-state index contributed by atoms with van der Waals surface area (Å²) in [6.45, 7) is 0. The van der Waals surface area contributed by atoms with Crippen molar-refractivity contribution in [1.29, 1.82) is 0 Å². The molecule has 2 N–H and O–H groups in total. The Labute approximate surface area is 234 Å². The number of carbonyl (C=O) groups is 2. The molecule has 0 fully saturated rings. The molecule has 37 heavy (non-hydrogen) atoms. The number of rotatable bonds is 8. The number of anilines is 2. The first kappa shape index (κ1) is 26.9. The lowest BCUT2D eigenvalue weighted by Gasteiger charge is -2.19. The summed E-state index contributed by atoms with van der Waals surface area (Å²) in [6, 6.07) is 26.4. The standard InChI is InChI=1S/C28H21Cl3N2O3S/c1-36-25-13-11-19(30)15-24(25)33-28(35)26(17-6-3-2-4-7-17)37-21-9-5-8-20(16-21)32-27(34)22-12-10-18(29)14-23(22)31/h2-16,26H,1H3,(H,32,34)(H,33,35). The average molecular weight is 572 g/mol. The van der Waals surface area contributed by atoms with Gasteiger partial charge in [-0.15, -0.1) is 11.8 Å². The minimum absolute atomic E-state index is 0.251. The summed E-state index contributed by atoms with van der Waals surface area (Å²) in [7, 11) is 1.53. The Morgan fingerprint density at radius 2 is 1.54 bits per heavy atom. The van der Waals surface area contributed by atoms with Gasteiger partial charge in [-0.25, -0.2) is 0 Å². The molecule has 0 aliphatic rings. The molecule has 2 amide bonds. The lowest BCUT2D eigenvalue weighted by atomic mass is 10.1. The molecule has 0 bridgehead atoms. The van der Waals surface area contributed by atoms with Crippen LogP contribution in [0.1, 0.15) is 21.2 Å². The molecule has 0 saturated carbocycles. The zero-order chi connectivity index (χ0) is 26.4.